The topological polar surface area (TPSA) is 75.6 Å². The Balaban J connectivity index is 1.69. The number of carboxylic acids is 1. The van der Waals surface area contributed by atoms with Crippen LogP contribution in [0.4, 0.5) is 5.69 Å². The second-order valence-corrected chi connectivity index (χ2v) is 6.12. The van der Waals surface area contributed by atoms with Crippen LogP contribution in [-0.2, 0) is 20.7 Å². The number of aliphatic carboxylic acids is 1. The van der Waals surface area contributed by atoms with E-state index in [-0.39, 0.29) is 18.1 Å². The van der Waals surface area contributed by atoms with Crippen LogP contribution in [0, 0.1) is 11.8 Å². The summed E-state index contributed by atoms with van der Waals surface area (Å²) in [5, 5.41) is 12.2. The number of carbonyl (C=O) groups excluding carboxylic acids is 1. The van der Waals surface area contributed by atoms with Crippen LogP contribution in [0.2, 0.25) is 0 Å². The van der Waals surface area contributed by atoms with Gasteiger partial charge < -0.3 is 15.2 Å². The average Bonchev–Trinajstić information content (AvgIpc) is 3.10. The Labute approximate surface area is 129 Å². The van der Waals surface area contributed by atoms with Gasteiger partial charge in [-0.25, -0.2) is 0 Å². The Morgan fingerprint density at radius 1 is 1.18 bits per heavy atom. The van der Waals surface area contributed by atoms with Gasteiger partial charge in [0.05, 0.1) is 24.0 Å². The van der Waals surface area contributed by atoms with Gasteiger partial charge in [-0.1, -0.05) is 25.5 Å². The molecule has 0 aromatic heterocycles. The minimum absolute atomic E-state index is 0.247. The van der Waals surface area contributed by atoms with E-state index in [0.717, 1.165) is 25.7 Å². The molecule has 4 atom stereocenters. The molecule has 0 saturated carbocycles. The number of carbonyl (C=O) groups is 2. The highest BCUT2D eigenvalue weighted by Crippen LogP contribution is 2.44. The number of anilines is 1. The van der Waals surface area contributed by atoms with Crippen molar-refractivity contribution in [1.29, 1.82) is 0 Å². The second kappa shape index (κ2) is 6.08. The van der Waals surface area contributed by atoms with E-state index in [0.29, 0.717) is 5.69 Å². The fourth-order valence-corrected chi connectivity index (χ4v) is 3.59. The van der Waals surface area contributed by atoms with E-state index in [1.54, 1.807) is 0 Å². The van der Waals surface area contributed by atoms with Crippen molar-refractivity contribution in [3.05, 3.63) is 29.8 Å². The van der Waals surface area contributed by atoms with Crippen LogP contribution >= 0.6 is 0 Å². The molecule has 2 aliphatic rings. The van der Waals surface area contributed by atoms with Crippen molar-refractivity contribution in [3.8, 4) is 0 Å². The van der Waals surface area contributed by atoms with Gasteiger partial charge >= 0.3 is 5.97 Å². The van der Waals surface area contributed by atoms with Crippen LogP contribution in [0.5, 0.6) is 0 Å². The molecule has 118 valence electrons. The molecular formula is C17H21NO4. The summed E-state index contributed by atoms with van der Waals surface area (Å²) in [6.07, 6.45) is 3.01. The Kier molecular flexibility index (Phi) is 4.16. The first kappa shape index (κ1) is 15.0. The summed E-state index contributed by atoms with van der Waals surface area (Å²) in [5.41, 5.74) is 1.93. The minimum Gasteiger partial charge on any atom is -0.481 e. The predicted molar refractivity (Wildman–Crippen MR) is 81.6 cm³/mol. The largest absolute Gasteiger partial charge is 0.481 e. The van der Waals surface area contributed by atoms with Crippen molar-refractivity contribution in [2.75, 3.05) is 5.32 Å². The van der Waals surface area contributed by atoms with Crippen molar-refractivity contribution >= 4 is 17.6 Å². The quantitative estimate of drug-likeness (QED) is 0.876. The summed E-state index contributed by atoms with van der Waals surface area (Å²) in [4.78, 5) is 23.9. The predicted octanol–water partition coefficient (Wildman–Crippen LogP) is 2.46. The van der Waals surface area contributed by atoms with Crippen LogP contribution in [0.25, 0.3) is 0 Å². The molecular weight excluding hydrogens is 282 g/mol. The van der Waals surface area contributed by atoms with E-state index in [9.17, 15) is 14.7 Å². The highest BCUT2D eigenvalue weighted by molar-refractivity contribution is 5.96. The molecule has 1 amide bonds. The van der Waals surface area contributed by atoms with E-state index in [1.807, 2.05) is 24.3 Å². The third-order valence-electron chi connectivity index (χ3n) is 4.62. The van der Waals surface area contributed by atoms with Crippen LogP contribution in [-0.4, -0.2) is 29.2 Å². The summed E-state index contributed by atoms with van der Waals surface area (Å²) in [6, 6.07) is 7.72. The van der Waals surface area contributed by atoms with Crippen molar-refractivity contribution in [2.24, 2.45) is 11.8 Å². The van der Waals surface area contributed by atoms with Crippen molar-refractivity contribution < 1.29 is 19.4 Å². The molecule has 0 unspecified atom stereocenters. The van der Waals surface area contributed by atoms with E-state index in [1.165, 1.54) is 5.56 Å². The maximum atomic E-state index is 12.5. The normalized spacial score (nSPS) is 29.5. The van der Waals surface area contributed by atoms with Gasteiger partial charge in [-0.2, -0.15) is 0 Å². The van der Waals surface area contributed by atoms with Crippen LogP contribution in [0.15, 0.2) is 24.3 Å². The lowest BCUT2D eigenvalue weighted by atomic mass is 9.78. The molecule has 1 aromatic carbocycles. The number of amides is 1. The van der Waals surface area contributed by atoms with Crippen molar-refractivity contribution in [1.82, 2.24) is 0 Å². The molecule has 2 N–H and O–H groups in total. The van der Waals surface area contributed by atoms with Crippen molar-refractivity contribution in [2.45, 2.75) is 44.8 Å². The molecule has 0 radical (unpaired) electrons. The molecule has 2 bridgehead atoms. The van der Waals surface area contributed by atoms with E-state index >= 15 is 0 Å². The van der Waals surface area contributed by atoms with Crippen LogP contribution < -0.4 is 5.32 Å². The van der Waals surface area contributed by atoms with Gasteiger partial charge in [0, 0.05) is 5.69 Å². The lowest BCUT2D eigenvalue weighted by molar-refractivity contribution is -0.147. The molecule has 0 spiro atoms. The lowest BCUT2D eigenvalue weighted by Crippen LogP contribution is -2.40. The van der Waals surface area contributed by atoms with Crippen molar-refractivity contribution in [3.63, 3.8) is 0 Å². The summed E-state index contributed by atoms with van der Waals surface area (Å²) < 4.78 is 5.63. The maximum Gasteiger partial charge on any atom is 0.310 e. The van der Waals surface area contributed by atoms with Gasteiger partial charge in [-0.15, -0.1) is 0 Å². The number of benzene rings is 1. The van der Waals surface area contributed by atoms with Gasteiger partial charge in [0.15, 0.2) is 0 Å². The van der Waals surface area contributed by atoms with Gasteiger partial charge in [0.2, 0.25) is 5.91 Å². The smallest absolute Gasteiger partial charge is 0.310 e. The molecule has 2 aliphatic heterocycles. The zero-order chi connectivity index (χ0) is 15.7. The molecule has 2 heterocycles. The van der Waals surface area contributed by atoms with E-state index < -0.39 is 17.8 Å². The maximum absolute atomic E-state index is 12.5. The highest BCUT2D eigenvalue weighted by atomic mass is 16.5. The minimum atomic E-state index is -0.939. The number of ether oxygens (including phenoxy) is 1. The molecule has 5 nitrogen and oxygen atoms in total. The summed E-state index contributed by atoms with van der Waals surface area (Å²) in [5.74, 6) is -2.50. The molecule has 22 heavy (non-hydrogen) atoms. The second-order valence-electron chi connectivity index (χ2n) is 6.12. The average molecular weight is 303 g/mol. The first-order valence-electron chi connectivity index (χ1n) is 7.88. The highest BCUT2D eigenvalue weighted by Gasteiger charge is 2.55. The van der Waals surface area contributed by atoms with Crippen LogP contribution in [0.3, 0.4) is 0 Å². The number of hydrogen-bond acceptors (Lipinski definition) is 3. The first-order valence-corrected chi connectivity index (χ1v) is 7.88. The number of rotatable bonds is 5. The van der Waals surface area contributed by atoms with Gasteiger partial charge in [0.25, 0.3) is 0 Å². The number of nitrogens with one attached hydrogen (secondary N) is 1. The number of fused-ring (bicyclic) bond motifs is 2. The Morgan fingerprint density at radius 2 is 1.82 bits per heavy atom. The number of hydrogen-bond donors (Lipinski definition) is 2. The first-order chi connectivity index (χ1) is 10.6. The Morgan fingerprint density at radius 3 is 2.41 bits per heavy atom. The molecule has 5 heteroatoms. The standard InChI is InChI=1S/C17H21NO4/c1-2-3-10-4-6-11(7-5-10)18-16(19)14-12-8-9-13(22-12)15(14)17(20)21/h4-7,12-15H,2-3,8-9H2,1H3,(H,18,19)(H,20,21)/t12-,13+,14-,15+/m1/s1. The molecule has 3 rings (SSSR count). The molecule has 2 fully saturated rings. The number of aryl methyl sites for hydroxylation is 1. The Hall–Kier alpha value is -1.88. The fourth-order valence-electron chi connectivity index (χ4n) is 3.59. The SMILES string of the molecule is CCCc1ccc(NC(=O)[C@H]2[C@@H](C(=O)O)[C@@H]3CC[C@H]2O3)cc1. The summed E-state index contributed by atoms with van der Waals surface area (Å²) in [6.45, 7) is 2.12. The fraction of sp³-hybridized carbons (Fsp3) is 0.529. The summed E-state index contributed by atoms with van der Waals surface area (Å²) in [7, 11) is 0. The van der Waals surface area contributed by atoms with E-state index in [4.69, 9.17) is 4.74 Å². The molecule has 1 aromatic rings. The summed E-state index contributed by atoms with van der Waals surface area (Å²) >= 11 is 0. The Bertz CT molecular complexity index is 569. The lowest BCUT2D eigenvalue weighted by Gasteiger charge is -2.23. The third kappa shape index (κ3) is 2.73. The van der Waals surface area contributed by atoms with Gasteiger partial charge in [0.1, 0.15) is 0 Å². The van der Waals surface area contributed by atoms with Gasteiger partial charge in [-0.3, -0.25) is 9.59 Å². The van der Waals surface area contributed by atoms with E-state index in [2.05, 4.69) is 12.2 Å². The van der Waals surface area contributed by atoms with Crippen LogP contribution in [0.1, 0.15) is 31.7 Å². The zero-order valence-corrected chi connectivity index (χ0v) is 12.6. The third-order valence-corrected chi connectivity index (χ3v) is 4.62. The molecule has 0 aliphatic carbocycles. The molecule has 2 saturated heterocycles. The number of carboxylic acid groups (broad SMARTS) is 1. The monoisotopic (exact) mass is 303 g/mol. The van der Waals surface area contributed by atoms with Gasteiger partial charge in [-0.05, 0) is 37.0 Å². The zero-order valence-electron chi connectivity index (χ0n) is 12.6.